The Kier molecular flexibility index (Phi) is 5.59. The lowest BCUT2D eigenvalue weighted by molar-refractivity contribution is -0.134. The number of aromatic nitrogens is 1. The molecule has 1 aromatic heterocycles. The quantitative estimate of drug-likeness (QED) is 0.817. The minimum Gasteiger partial charge on any atom is -0.378 e. The van der Waals surface area contributed by atoms with Crippen LogP contribution >= 0.6 is 0 Å². The minimum absolute atomic E-state index is 0.0706. The van der Waals surface area contributed by atoms with E-state index in [9.17, 15) is 4.79 Å². The number of ether oxygens (including phenoxy) is 1. The molecule has 1 aromatic carbocycles. The maximum atomic E-state index is 12.8. The van der Waals surface area contributed by atoms with Crippen molar-refractivity contribution >= 4 is 5.91 Å². The summed E-state index contributed by atoms with van der Waals surface area (Å²) in [7, 11) is 0. The van der Waals surface area contributed by atoms with Crippen molar-refractivity contribution in [3.05, 3.63) is 65.5 Å². The van der Waals surface area contributed by atoms with Crippen molar-refractivity contribution in [1.82, 2.24) is 9.88 Å². The molecule has 1 aliphatic rings. The Balaban J connectivity index is 1.73. The fraction of sp³-hybridized carbons (Fsp3) is 0.400. The second-order valence-electron chi connectivity index (χ2n) is 6.40. The van der Waals surface area contributed by atoms with E-state index in [-0.39, 0.29) is 12.0 Å². The van der Waals surface area contributed by atoms with Gasteiger partial charge < -0.3 is 9.64 Å². The molecule has 1 aliphatic heterocycles. The van der Waals surface area contributed by atoms with Crippen LogP contribution in [-0.2, 0) is 22.6 Å². The molecule has 24 heavy (non-hydrogen) atoms. The summed E-state index contributed by atoms with van der Waals surface area (Å²) in [6.07, 6.45) is 4.33. The first-order valence-corrected chi connectivity index (χ1v) is 8.55. The Hall–Kier alpha value is -2.20. The highest BCUT2D eigenvalue weighted by Gasteiger charge is 2.23. The molecule has 0 saturated carbocycles. The van der Waals surface area contributed by atoms with Gasteiger partial charge >= 0.3 is 0 Å². The number of rotatable bonds is 6. The molecular weight excluding hydrogens is 300 g/mol. The van der Waals surface area contributed by atoms with Gasteiger partial charge in [0.15, 0.2) is 0 Å². The molecule has 0 radical (unpaired) electrons. The first-order chi connectivity index (χ1) is 11.7. The van der Waals surface area contributed by atoms with E-state index in [0.717, 1.165) is 30.7 Å². The van der Waals surface area contributed by atoms with Crippen molar-refractivity contribution in [2.45, 2.75) is 45.4 Å². The number of benzene rings is 1. The van der Waals surface area contributed by atoms with E-state index >= 15 is 0 Å². The van der Waals surface area contributed by atoms with E-state index in [1.165, 1.54) is 5.56 Å². The number of carbonyl (C=O) groups excluding carboxylic acids is 1. The van der Waals surface area contributed by atoms with Gasteiger partial charge in [0.25, 0.3) is 0 Å². The first kappa shape index (κ1) is 16.7. The van der Waals surface area contributed by atoms with Crippen molar-refractivity contribution in [3.63, 3.8) is 0 Å². The van der Waals surface area contributed by atoms with Gasteiger partial charge in [0.1, 0.15) is 0 Å². The van der Waals surface area contributed by atoms with Crippen LogP contribution in [0, 0.1) is 6.92 Å². The van der Waals surface area contributed by atoms with Crippen LogP contribution in [0.1, 0.15) is 36.1 Å². The van der Waals surface area contributed by atoms with Crippen LogP contribution in [0.4, 0.5) is 0 Å². The van der Waals surface area contributed by atoms with Crippen molar-refractivity contribution in [3.8, 4) is 0 Å². The molecule has 0 aliphatic carbocycles. The zero-order valence-electron chi connectivity index (χ0n) is 14.1. The molecule has 4 heteroatoms. The smallest absolute Gasteiger partial charge is 0.225 e. The molecular formula is C20H24N2O2. The van der Waals surface area contributed by atoms with Crippen molar-refractivity contribution in [2.75, 3.05) is 6.61 Å². The van der Waals surface area contributed by atoms with Crippen molar-refractivity contribution in [1.29, 1.82) is 0 Å². The molecule has 126 valence electrons. The van der Waals surface area contributed by atoms with Gasteiger partial charge in [-0.15, -0.1) is 0 Å². The zero-order chi connectivity index (χ0) is 16.8. The monoisotopic (exact) mass is 324 g/mol. The minimum atomic E-state index is 0.0706. The van der Waals surface area contributed by atoms with Crippen LogP contribution in [0.2, 0.25) is 0 Å². The number of amides is 1. The molecule has 3 rings (SSSR count). The number of hydrogen-bond donors (Lipinski definition) is 0. The van der Waals surface area contributed by atoms with Crippen LogP contribution in [0.3, 0.4) is 0 Å². The molecule has 0 spiro atoms. The maximum absolute atomic E-state index is 12.8. The summed E-state index contributed by atoms with van der Waals surface area (Å²) < 4.78 is 5.63. The number of nitrogens with zero attached hydrogens (tertiary/aromatic N) is 2. The third-order valence-electron chi connectivity index (χ3n) is 4.31. The second-order valence-corrected chi connectivity index (χ2v) is 6.40. The molecule has 0 unspecified atom stereocenters. The molecule has 0 N–H and O–H groups in total. The Morgan fingerprint density at radius 3 is 2.88 bits per heavy atom. The molecule has 1 amide bonds. The lowest BCUT2D eigenvalue weighted by Crippen LogP contribution is -2.32. The van der Waals surface area contributed by atoms with E-state index in [2.05, 4.69) is 30.1 Å². The van der Waals surface area contributed by atoms with Crippen LogP contribution in [-0.4, -0.2) is 28.5 Å². The molecule has 1 fully saturated rings. The summed E-state index contributed by atoms with van der Waals surface area (Å²) in [6.45, 7) is 3.97. The predicted molar refractivity (Wildman–Crippen MR) is 93.3 cm³/mol. The normalized spacial score (nSPS) is 17.0. The third kappa shape index (κ3) is 4.65. The van der Waals surface area contributed by atoms with Crippen LogP contribution in [0.25, 0.3) is 0 Å². The molecule has 2 heterocycles. The average Bonchev–Trinajstić information content (AvgIpc) is 3.08. The highest BCUT2D eigenvalue weighted by molar-refractivity contribution is 5.76. The summed E-state index contributed by atoms with van der Waals surface area (Å²) in [4.78, 5) is 19.1. The summed E-state index contributed by atoms with van der Waals surface area (Å²) in [5.41, 5.74) is 3.26. The number of carbonyl (C=O) groups is 1. The highest BCUT2D eigenvalue weighted by atomic mass is 16.5. The third-order valence-corrected chi connectivity index (χ3v) is 4.31. The Bertz CT molecular complexity index is 666. The number of pyridine rings is 1. The fourth-order valence-electron chi connectivity index (χ4n) is 3.08. The molecule has 4 nitrogen and oxygen atoms in total. The Morgan fingerprint density at radius 2 is 2.17 bits per heavy atom. The van der Waals surface area contributed by atoms with Gasteiger partial charge in [-0.1, -0.05) is 35.9 Å². The standard InChI is InChI=1S/C20H24N2O2/c1-16-6-4-7-17(12-16)14-22(15-18-8-2-3-10-21-18)20(23)13-19-9-5-11-24-19/h2-4,6-8,10,12,19H,5,9,11,13-15H2,1H3/t19-/m1/s1. The van der Waals surface area contributed by atoms with Gasteiger partial charge in [-0.3, -0.25) is 9.78 Å². The summed E-state index contributed by atoms with van der Waals surface area (Å²) >= 11 is 0. The van der Waals surface area contributed by atoms with Gasteiger partial charge in [-0.25, -0.2) is 0 Å². The van der Waals surface area contributed by atoms with Gasteiger partial charge in [-0.05, 0) is 37.5 Å². The van der Waals surface area contributed by atoms with Crippen molar-refractivity contribution in [2.24, 2.45) is 0 Å². The summed E-state index contributed by atoms with van der Waals surface area (Å²) in [5, 5.41) is 0. The number of hydrogen-bond acceptors (Lipinski definition) is 3. The van der Waals surface area contributed by atoms with E-state index in [0.29, 0.717) is 19.5 Å². The van der Waals surface area contributed by atoms with Crippen molar-refractivity contribution < 1.29 is 9.53 Å². The Morgan fingerprint density at radius 1 is 1.25 bits per heavy atom. The number of aryl methyl sites for hydroxylation is 1. The lowest BCUT2D eigenvalue weighted by atomic mass is 10.1. The van der Waals surface area contributed by atoms with Crippen LogP contribution in [0.15, 0.2) is 48.7 Å². The molecule has 0 bridgehead atoms. The van der Waals surface area contributed by atoms with Gasteiger partial charge in [0, 0.05) is 19.3 Å². The summed E-state index contributed by atoms with van der Waals surface area (Å²) in [5.74, 6) is 0.133. The predicted octanol–water partition coefficient (Wildman–Crippen LogP) is 3.49. The van der Waals surface area contributed by atoms with Gasteiger partial charge in [0.2, 0.25) is 5.91 Å². The molecule has 1 atom stereocenters. The van der Waals surface area contributed by atoms with E-state index in [1.54, 1.807) is 6.20 Å². The van der Waals surface area contributed by atoms with E-state index < -0.39 is 0 Å². The Labute approximate surface area is 143 Å². The molecule has 2 aromatic rings. The lowest BCUT2D eigenvalue weighted by Gasteiger charge is -2.24. The van der Waals surface area contributed by atoms with E-state index in [4.69, 9.17) is 4.74 Å². The van der Waals surface area contributed by atoms with Crippen LogP contribution in [0.5, 0.6) is 0 Å². The summed E-state index contributed by atoms with van der Waals surface area (Å²) in [6, 6.07) is 14.1. The first-order valence-electron chi connectivity index (χ1n) is 8.55. The van der Waals surface area contributed by atoms with Gasteiger partial charge in [0.05, 0.1) is 24.8 Å². The topological polar surface area (TPSA) is 42.4 Å². The molecule has 1 saturated heterocycles. The largest absolute Gasteiger partial charge is 0.378 e. The van der Waals surface area contributed by atoms with E-state index in [1.807, 2.05) is 29.2 Å². The SMILES string of the molecule is Cc1cccc(CN(Cc2ccccn2)C(=O)C[C@H]2CCCO2)c1. The van der Waals surface area contributed by atoms with Gasteiger partial charge in [-0.2, -0.15) is 0 Å². The fourth-order valence-corrected chi connectivity index (χ4v) is 3.08. The highest BCUT2D eigenvalue weighted by Crippen LogP contribution is 2.18. The maximum Gasteiger partial charge on any atom is 0.225 e. The zero-order valence-corrected chi connectivity index (χ0v) is 14.1. The second kappa shape index (κ2) is 8.06. The average molecular weight is 324 g/mol. The van der Waals surface area contributed by atoms with Crippen LogP contribution < -0.4 is 0 Å².